The van der Waals surface area contributed by atoms with Crippen molar-refractivity contribution < 1.29 is 9.48 Å². The zero-order valence-corrected chi connectivity index (χ0v) is 11.6. The summed E-state index contributed by atoms with van der Waals surface area (Å²) < 4.78 is 1.74. The van der Waals surface area contributed by atoms with E-state index in [1.807, 2.05) is 26.1 Å². The SMILES string of the molecule is CC.CC(=O)CC[n+]1ccc(-c2cnccn2)cn1. The van der Waals surface area contributed by atoms with Crippen LogP contribution in [0.15, 0.2) is 37.1 Å². The van der Waals surface area contributed by atoms with E-state index in [1.165, 1.54) is 0 Å². The summed E-state index contributed by atoms with van der Waals surface area (Å²) in [6, 6.07) is 1.91. The smallest absolute Gasteiger partial charge is 0.197 e. The number of aryl methyl sites for hydroxylation is 1. The maximum absolute atomic E-state index is 10.8. The summed E-state index contributed by atoms with van der Waals surface area (Å²) in [5, 5.41) is 4.22. The molecule has 2 aromatic heterocycles. The molecule has 0 aliphatic rings. The van der Waals surface area contributed by atoms with Gasteiger partial charge in [-0.1, -0.05) is 18.5 Å². The fourth-order valence-electron chi connectivity index (χ4n) is 1.39. The van der Waals surface area contributed by atoms with Crippen molar-refractivity contribution in [2.24, 2.45) is 0 Å². The molecule has 0 radical (unpaired) electrons. The van der Waals surface area contributed by atoms with Gasteiger partial charge in [0.15, 0.2) is 12.7 Å². The van der Waals surface area contributed by atoms with E-state index in [2.05, 4.69) is 15.1 Å². The third-order valence-electron chi connectivity index (χ3n) is 2.32. The molecular formula is C14H19N4O+. The Balaban J connectivity index is 0.000000861. The highest BCUT2D eigenvalue weighted by atomic mass is 16.1. The molecule has 0 spiro atoms. The van der Waals surface area contributed by atoms with Crippen LogP contribution in [0.5, 0.6) is 0 Å². The van der Waals surface area contributed by atoms with Crippen LogP contribution < -0.4 is 4.68 Å². The number of hydrogen-bond donors (Lipinski definition) is 0. The average Bonchev–Trinajstić information content (AvgIpc) is 2.49. The summed E-state index contributed by atoms with van der Waals surface area (Å²) in [7, 11) is 0. The molecule has 0 fully saturated rings. The van der Waals surface area contributed by atoms with Crippen molar-refractivity contribution >= 4 is 5.78 Å². The monoisotopic (exact) mass is 259 g/mol. The number of carbonyl (C=O) groups is 1. The molecule has 2 aromatic rings. The maximum Gasteiger partial charge on any atom is 0.197 e. The molecule has 0 amide bonds. The predicted octanol–water partition coefficient (Wildman–Crippen LogP) is 1.83. The second kappa shape index (κ2) is 8.02. The summed E-state index contributed by atoms with van der Waals surface area (Å²) >= 11 is 0. The van der Waals surface area contributed by atoms with Gasteiger partial charge in [0.25, 0.3) is 0 Å². The van der Waals surface area contributed by atoms with Gasteiger partial charge in [-0.05, 0) is 12.0 Å². The van der Waals surface area contributed by atoms with Crippen LogP contribution in [0.2, 0.25) is 0 Å². The van der Waals surface area contributed by atoms with E-state index >= 15 is 0 Å². The van der Waals surface area contributed by atoms with Crippen LogP contribution in [0, 0.1) is 0 Å². The first kappa shape index (κ1) is 14.9. The van der Waals surface area contributed by atoms with Gasteiger partial charge in [0.2, 0.25) is 0 Å². The molecule has 0 saturated heterocycles. The molecular weight excluding hydrogens is 240 g/mol. The second-order valence-corrected chi connectivity index (χ2v) is 3.72. The number of ketones is 1. The van der Waals surface area contributed by atoms with E-state index in [0.717, 1.165) is 11.3 Å². The van der Waals surface area contributed by atoms with Crippen LogP contribution in [-0.4, -0.2) is 20.8 Å². The first-order chi connectivity index (χ1) is 9.25. The molecule has 0 aromatic carbocycles. The molecule has 0 N–H and O–H groups in total. The Kier molecular flexibility index (Phi) is 6.29. The van der Waals surface area contributed by atoms with Gasteiger partial charge in [-0.15, -0.1) is 0 Å². The Hall–Kier alpha value is -2.17. The van der Waals surface area contributed by atoms with Gasteiger partial charge >= 0.3 is 0 Å². The average molecular weight is 259 g/mol. The highest BCUT2D eigenvalue weighted by molar-refractivity contribution is 5.75. The zero-order valence-electron chi connectivity index (χ0n) is 11.6. The van der Waals surface area contributed by atoms with Crippen molar-refractivity contribution in [1.82, 2.24) is 15.1 Å². The Morgan fingerprint density at radius 1 is 1.26 bits per heavy atom. The van der Waals surface area contributed by atoms with Gasteiger partial charge in [0.1, 0.15) is 12.0 Å². The lowest BCUT2D eigenvalue weighted by Crippen LogP contribution is -2.38. The van der Waals surface area contributed by atoms with Crippen molar-refractivity contribution in [3.63, 3.8) is 0 Å². The van der Waals surface area contributed by atoms with E-state index < -0.39 is 0 Å². The number of carbonyl (C=O) groups excluding carboxylic acids is 1. The van der Waals surface area contributed by atoms with Crippen molar-refractivity contribution in [1.29, 1.82) is 0 Å². The highest BCUT2D eigenvalue weighted by Gasteiger charge is 2.06. The fraction of sp³-hybridized carbons (Fsp3) is 0.357. The Bertz CT molecular complexity index is 497. The van der Waals surface area contributed by atoms with Gasteiger partial charge in [-0.3, -0.25) is 14.8 Å². The van der Waals surface area contributed by atoms with Crippen LogP contribution in [0.1, 0.15) is 27.2 Å². The molecule has 19 heavy (non-hydrogen) atoms. The number of Topliss-reactive ketones (excluding diaryl/α,β-unsaturated/α-hetero) is 1. The van der Waals surface area contributed by atoms with E-state index in [1.54, 1.807) is 36.4 Å². The van der Waals surface area contributed by atoms with Crippen LogP contribution in [-0.2, 0) is 11.3 Å². The normalized spacial score (nSPS) is 9.42. The van der Waals surface area contributed by atoms with Crippen molar-refractivity contribution in [3.05, 3.63) is 37.1 Å². The minimum Gasteiger partial charge on any atom is -0.300 e. The summed E-state index contributed by atoms with van der Waals surface area (Å²) in [6.45, 7) is 6.19. The number of rotatable bonds is 4. The van der Waals surface area contributed by atoms with E-state index in [0.29, 0.717) is 13.0 Å². The third kappa shape index (κ3) is 4.91. The molecule has 0 aliphatic heterocycles. The lowest BCUT2D eigenvalue weighted by molar-refractivity contribution is -0.752. The van der Waals surface area contributed by atoms with Crippen LogP contribution >= 0.6 is 0 Å². The molecule has 5 nitrogen and oxygen atoms in total. The molecule has 0 unspecified atom stereocenters. The Morgan fingerprint density at radius 3 is 2.58 bits per heavy atom. The van der Waals surface area contributed by atoms with Crippen molar-refractivity contribution in [2.75, 3.05) is 0 Å². The van der Waals surface area contributed by atoms with E-state index in [-0.39, 0.29) is 5.78 Å². The van der Waals surface area contributed by atoms with Crippen LogP contribution in [0.3, 0.4) is 0 Å². The molecule has 2 rings (SSSR count). The maximum atomic E-state index is 10.8. The number of hydrogen-bond acceptors (Lipinski definition) is 4. The Morgan fingerprint density at radius 2 is 2.05 bits per heavy atom. The number of nitrogens with zero attached hydrogens (tertiary/aromatic N) is 4. The van der Waals surface area contributed by atoms with Gasteiger partial charge in [0, 0.05) is 24.0 Å². The lowest BCUT2D eigenvalue weighted by atomic mass is 10.2. The largest absolute Gasteiger partial charge is 0.300 e. The lowest BCUT2D eigenvalue weighted by Gasteiger charge is -1.97. The third-order valence-corrected chi connectivity index (χ3v) is 2.32. The molecule has 0 atom stereocenters. The Labute approximate surface area is 113 Å². The molecule has 100 valence electrons. The topological polar surface area (TPSA) is 59.6 Å². The minimum atomic E-state index is 0.164. The molecule has 2 heterocycles. The predicted molar refractivity (Wildman–Crippen MR) is 72.1 cm³/mol. The van der Waals surface area contributed by atoms with Gasteiger partial charge in [-0.2, -0.15) is 0 Å². The summed E-state index contributed by atoms with van der Waals surface area (Å²) in [5.74, 6) is 0.164. The molecule has 0 aliphatic carbocycles. The summed E-state index contributed by atoms with van der Waals surface area (Å²) in [6.07, 6.45) is 9.04. The second-order valence-electron chi connectivity index (χ2n) is 3.72. The number of aromatic nitrogens is 4. The van der Waals surface area contributed by atoms with Gasteiger partial charge in [0.05, 0.1) is 18.3 Å². The van der Waals surface area contributed by atoms with Crippen LogP contribution in [0.25, 0.3) is 11.3 Å². The first-order valence-electron chi connectivity index (χ1n) is 6.37. The van der Waals surface area contributed by atoms with Crippen molar-refractivity contribution in [2.45, 2.75) is 33.7 Å². The molecule has 5 heteroatoms. The van der Waals surface area contributed by atoms with Gasteiger partial charge < -0.3 is 0 Å². The summed E-state index contributed by atoms with van der Waals surface area (Å²) in [5.41, 5.74) is 1.70. The zero-order chi connectivity index (χ0) is 14.1. The summed E-state index contributed by atoms with van der Waals surface area (Å²) in [4.78, 5) is 19.0. The minimum absolute atomic E-state index is 0.164. The van der Waals surface area contributed by atoms with Crippen LogP contribution in [0.4, 0.5) is 0 Å². The molecule has 0 saturated carbocycles. The van der Waals surface area contributed by atoms with Crippen molar-refractivity contribution in [3.8, 4) is 11.3 Å². The molecule has 0 bridgehead atoms. The first-order valence-corrected chi connectivity index (χ1v) is 6.37. The van der Waals surface area contributed by atoms with E-state index in [9.17, 15) is 4.79 Å². The highest BCUT2D eigenvalue weighted by Crippen LogP contribution is 2.11. The van der Waals surface area contributed by atoms with E-state index in [4.69, 9.17) is 0 Å². The van der Waals surface area contributed by atoms with Gasteiger partial charge in [-0.25, -0.2) is 0 Å². The quantitative estimate of drug-likeness (QED) is 0.786. The standard InChI is InChI=1S/C12H13N4O.C2H6/c1-10(17)2-6-16-7-3-11(8-15-16)12-9-13-4-5-14-12;1-2/h3-5,7-9H,2,6H2,1H3;1-2H3/q+1;. The fourth-order valence-corrected chi connectivity index (χ4v) is 1.39.